The van der Waals surface area contributed by atoms with E-state index in [4.69, 9.17) is 5.14 Å². The number of primary sulfonamides is 1. The van der Waals surface area contributed by atoms with Crippen LogP contribution in [0.1, 0.15) is 10.4 Å². The number of hydrogen-bond acceptors (Lipinski definition) is 4. The quantitative estimate of drug-likeness (QED) is 0.760. The first-order valence-corrected chi connectivity index (χ1v) is 7.14. The van der Waals surface area contributed by atoms with E-state index in [1.54, 1.807) is 0 Å². The molecule has 0 unspecified atom stereocenters. The fourth-order valence-electron chi connectivity index (χ4n) is 1.52. The van der Waals surface area contributed by atoms with E-state index in [1.165, 1.54) is 6.07 Å². The summed E-state index contributed by atoms with van der Waals surface area (Å²) in [6.07, 6.45) is 1.15. The van der Waals surface area contributed by atoms with Crippen LogP contribution in [-0.4, -0.2) is 19.3 Å². The summed E-state index contributed by atoms with van der Waals surface area (Å²) in [5, 5.41) is 7.13. The molecule has 1 aromatic carbocycles. The van der Waals surface area contributed by atoms with E-state index >= 15 is 0 Å². The Labute approximate surface area is 118 Å². The molecule has 0 aliphatic rings. The summed E-state index contributed by atoms with van der Waals surface area (Å²) in [6, 6.07) is 5.15. The number of rotatable bonds is 3. The summed E-state index contributed by atoms with van der Waals surface area (Å²) in [5.74, 6) is -1.53. The molecule has 0 radical (unpaired) electrons. The fraction of sp³-hybridized carbons (Fsp3) is 0. The minimum Gasteiger partial charge on any atom is -0.328 e. The van der Waals surface area contributed by atoms with Crippen molar-refractivity contribution in [2.75, 3.05) is 5.32 Å². The molecule has 4 N–H and O–H groups in total. The normalized spacial score (nSPS) is 11.1. The van der Waals surface area contributed by atoms with Crippen LogP contribution in [0.5, 0.6) is 0 Å². The molecule has 110 valence electrons. The Bertz CT molecular complexity index is 841. The van der Waals surface area contributed by atoms with Gasteiger partial charge in [-0.3, -0.25) is 9.59 Å². The summed E-state index contributed by atoms with van der Waals surface area (Å²) in [6.45, 7) is 0. The van der Waals surface area contributed by atoms with Crippen LogP contribution in [0.15, 0.2) is 46.2 Å². The van der Waals surface area contributed by atoms with Gasteiger partial charge in [-0.1, -0.05) is 0 Å². The lowest BCUT2D eigenvalue weighted by Crippen LogP contribution is -2.17. The number of amides is 1. The summed E-state index contributed by atoms with van der Waals surface area (Å²) < 4.78 is 36.0. The van der Waals surface area contributed by atoms with Crippen LogP contribution < -0.4 is 16.0 Å². The van der Waals surface area contributed by atoms with E-state index in [-0.39, 0.29) is 16.1 Å². The molecule has 0 aliphatic heterocycles. The number of aromatic amines is 1. The van der Waals surface area contributed by atoms with Gasteiger partial charge in [-0.2, -0.15) is 0 Å². The van der Waals surface area contributed by atoms with E-state index in [9.17, 15) is 22.4 Å². The summed E-state index contributed by atoms with van der Waals surface area (Å²) in [5.41, 5.74) is -0.651. The molecular weight excluding hydrogens is 301 g/mol. The topological polar surface area (TPSA) is 122 Å². The standard InChI is InChI=1S/C12H10FN3O4S/c13-9-3-2-8(21(14,19)20)5-10(9)16-12(18)7-1-4-11(17)15-6-7/h1-6H,(H,15,17)(H,16,18)(H2,14,19,20). The molecule has 9 heteroatoms. The number of H-pyrrole nitrogens is 1. The predicted octanol–water partition coefficient (Wildman–Crippen LogP) is 0.414. The van der Waals surface area contributed by atoms with Gasteiger partial charge in [0.25, 0.3) is 5.91 Å². The third-order valence-electron chi connectivity index (χ3n) is 2.56. The van der Waals surface area contributed by atoms with Gasteiger partial charge in [0.15, 0.2) is 0 Å². The Morgan fingerprint density at radius 1 is 1.24 bits per heavy atom. The van der Waals surface area contributed by atoms with Crippen molar-refractivity contribution < 1.29 is 17.6 Å². The highest BCUT2D eigenvalue weighted by Gasteiger charge is 2.14. The van der Waals surface area contributed by atoms with Crippen molar-refractivity contribution in [1.29, 1.82) is 0 Å². The monoisotopic (exact) mass is 311 g/mol. The van der Waals surface area contributed by atoms with Gasteiger partial charge in [0.05, 0.1) is 16.1 Å². The largest absolute Gasteiger partial charge is 0.328 e. The number of carbonyl (C=O) groups excluding carboxylic acids is 1. The second-order valence-electron chi connectivity index (χ2n) is 4.08. The van der Waals surface area contributed by atoms with Crippen LogP contribution in [0.2, 0.25) is 0 Å². The van der Waals surface area contributed by atoms with Gasteiger partial charge in [-0.05, 0) is 24.3 Å². The first kappa shape index (κ1) is 14.9. The second-order valence-corrected chi connectivity index (χ2v) is 5.64. The Hall–Kier alpha value is -2.52. The minimum atomic E-state index is -4.01. The van der Waals surface area contributed by atoms with Gasteiger partial charge in [0, 0.05) is 12.3 Å². The van der Waals surface area contributed by atoms with Gasteiger partial charge in [-0.15, -0.1) is 0 Å². The summed E-state index contributed by atoms with van der Waals surface area (Å²) in [4.78, 5) is 24.7. The SMILES string of the molecule is NS(=O)(=O)c1ccc(F)c(NC(=O)c2ccc(=O)[nH]c2)c1. The average Bonchev–Trinajstić information content (AvgIpc) is 2.40. The lowest BCUT2D eigenvalue weighted by atomic mass is 10.2. The molecule has 0 saturated carbocycles. The maximum atomic E-state index is 13.6. The van der Waals surface area contributed by atoms with Gasteiger partial charge in [-0.25, -0.2) is 17.9 Å². The zero-order valence-corrected chi connectivity index (χ0v) is 11.3. The van der Waals surface area contributed by atoms with Gasteiger partial charge < -0.3 is 10.3 Å². The third-order valence-corrected chi connectivity index (χ3v) is 3.47. The number of halogens is 1. The first-order chi connectivity index (χ1) is 9.77. The average molecular weight is 311 g/mol. The number of hydrogen-bond donors (Lipinski definition) is 3. The predicted molar refractivity (Wildman–Crippen MR) is 72.8 cm³/mol. The Kier molecular flexibility index (Phi) is 3.87. The summed E-state index contributed by atoms with van der Waals surface area (Å²) >= 11 is 0. The van der Waals surface area contributed by atoms with E-state index < -0.39 is 27.3 Å². The van der Waals surface area contributed by atoms with E-state index in [2.05, 4.69) is 10.3 Å². The molecule has 2 rings (SSSR count). The summed E-state index contributed by atoms with van der Waals surface area (Å²) in [7, 11) is -4.01. The van der Waals surface area contributed by atoms with Crippen molar-refractivity contribution in [3.8, 4) is 0 Å². The highest BCUT2D eigenvalue weighted by Crippen LogP contribution is 2.19. The van der Waals surface area contributed by atoms with Crippen molar-refractivity contribution in [1.82, 2.24) is 4.98 Å². The zero-order valence-electron chi connectivity index (χ0n) is 10.5. The molecule has 0 saturated heterocycles. The van der Waals surface area contributed by atoms with Crippen molar-refractivity contribution in [3.63, 3.8) is 0 Å². The van der Waals surface area contributed by atoms with Gasteiger partial charge in [0.1, 0.15) is 5.82 Å². The molecule has 0 bridgehead atoms. The lowest BCUT2D eigenvalue weighted by molar-refractivity contribution is 0.102. The Morgan fingerprint density at radius 2 is 1.95 bits per heavy atom. The number of carbonyl (C=O) groups is 1. The van der Waals surface area contributed by atoms with Crippen molar-refractivity contribution in [2.24, 2.45) is 5.14 Å². The molecule has 21 heavy (non-hydrogen) atoms. The molecule has 1 heterocycles. The van der Waals surface area contributed by atoms with E-state index in [0.717, 1.165) is 30.5 Å². The Morgan fingerprint density at radius 3 is 2.52 bits per heavy atom. The van der Waals surface area contributed by atoms with Crippen molar-refractivity contribution in [2.45, 2.75) is 4.90 Å². The van der Waals surface area contributed by atoms with Crippen LogP contribution >= 0.6 is 0 Å². The van der Waals surface area contributed by atoms with Crippen LogP contribution in [-0.2, 0) is 10.0 Å². The molecule has 7 nitrogen and oxygen atoms in total. The molecule has 1 amide bonds. The molecule has 0 atom stereocenters. The highest BCUT2D eigenvalue weighted by molar-refractivity contribution is 7.89. The maximum Gasteiger partial charge on any atom is 0.257 e. The molecule has 2 aromatic rings. The van der Waals surface area contributed by atoms with Gasteiger partial charge in [0.2, 0.25) is 15.6 Å². The minimum absolute atomic E-state index is 0.0787. The van der Waals surface area contributed by atoms with Crippen LogP contribution in [0.3, 0.4) is 0 Å². The van der Waals surface area contributed by atoms with E-state index in [1.807, 2.05) is 0 Å². The molecule has 0 spiro atoms. The number of benzene rings is 1. The molecular formula is C12H10FN3O4S. The number of aromatic nitrogens is 1. The number of pyridine rings is 1. The lowest BCUT2D eigenvalue weighted by Gasteiger charge is -2.08. The molecule has 0 fully saturated rings. The highest BCUT2D eigenvalue weighted by atomic mass is 32.2. The van der Waals surface area contributed by atoms with Gasteiger partial charge >= 0.3 is 0 Å². The number of sulfonamides is 1. The van der Waals surface area contributed by atoms with Crippen LogP contribution in [0.25, 0.3) is 0 Å². The zero-order chi connectivity index (χ0) is 15.6. The molecule has 0 aliphatic carbocycles. The van der Waals surface area contributed by atoms with E-state index in [0.29, 0.717) is 0 Å². The number of anilines is 1. The second kappa shape index (κ2) is 5.46. The van der Waals surface area contributed by atoms with Crippen molar-refractivity contribution in [3.05, 3.63) is 58.3 Å². The van der Waals surface area contributed by atoms with Crippen molar-refractivity contribution >= 4 is 21.6 Å². The fourth-order valence-corrected chi connectivity index (χ4v) is 2.06. The first-order valence-electron chi connectivity index (χ1n) is 5.60. The molecule has 1 aromatic heterocycles. The van der Waals surface area contributed by atoms with Crippen LogP contribution in [0.4, 0.5) is 10.1 Å². The Balaban J connectivity index is 2.33. The number of nitrogens with one attached hydrogen (secondary N) is 2. The number of nitrogens with two attached hydrogens (primary N) is 1. The maximum absolute atomic E-state index is 13.6. The third kappa shape index (κ3) is 3.52. The smallest absolute Gasteiger partial charge is 0.257 e. The van der Waals surface area contributed by atoms with Crippen LogP contribution in [0, 0.1) is 5.82 Å².